The Bertz CT molecular complexity index is 560. The van der Waals surface area contributed by atoms with Gasteiger partial charge in [0.15, 0.2) is 0 Å². The summed E-state index contributed by atoms with van der Waals surface area (Å²) in [6, 6.07) is 10.2. The van der Waals surface area contributed by atoms with Gasteiger partial charge in [-0.05, 0) is 59.0 Å². The summed E-state index contributed by atoms with van der Waals surface area (Å²) in [7, 11) is 0. The van der Waals surface area contributed by atoms with Crippen molar-refractivity contribution in [3.8, 4) is 0 Å². The van der Waals surface area contributed by atoms with Gasteiger partial charge in [-0.15, -0.1) is 0 Å². The minimum Gasteiger partial charge on any atom is -0.399 e. The molecule has 0 aromatic heterocycles. The molecule has 17 heavy (non-hydrogen) atoms. The highest BCUT2D eigenvalue weighted by atomic mass is 127. The van der Waals surface area contributed by atoms with E-state index >= 15 is 0 Å². The molecule has 0 aliphatic carbocycles. The second-order valence-electron chi connectivity index (χ2n) is 3.49. The molecule has 5 heteroatoms. The van der Waals surface area contributed by atoms with Crippen molar-refractivity contribution in [3.63, 3.8) is 0 Å². The van der Waals surface area contributed by atoms with E-state index in [1.807, 2.05) is 12.1 Å². The Labute approximate surface area is 121 Å². The van der Waals surface area contributed by atoms with E-state index in [1.165, 1.54) is 6.07 Å². The van der Waals surface area contributed by atoms with Crippen molar-refractivity contribution in [2.75, 3.05) is 11.1 Å². The zero-order valence-corrected chi connectivity index (χ0v) is 12.4. The van der Waals surface area contributed by atoms with Crippen molar-refractivity contribution in [2.45, 2.75) is 0 Å². The SMILES string of the molecule is Nc1ccc(Nc2cc(Br)ccc2F)c(I)c1. The molecule has 0 aliphatic heterocycles. The van der Waals surface area contributed by atoms with E-state index in [1.54, 1.807) is 18.2 Å². The highest BCUT2D eigenvalue weighted by molar-refractivity contribution is 14.1. The molecule has 2 aromatic carbocycles. The Morgan fingerprint density at radius 2 is 1.88 bits per heavy atom. The molecule has 0 heterocycles. The van der Waals surface area contributed by atoms with Crippen molar-refractivity contribution < 1.29 is 4.39 Å². The van der Waals surface area contributed by atoms with Gasteiger partial charge in [-0.3, -0.25) is 0 Å². The number of halogens is 3. The molecular weight excluding hydrogens is 398 g/mol. The Hall–Kier alpha value is -0.820. The van der Waals surface area contributed by atoms with Crippen LogP contribution in [0.5, 0.6) is 0 Å². The number of hydrogen-bond acceptors (Lipinski definition) is 2. The summed E-state index contributed by atoms with van der Waals surface area (Å²) in [5.41, 5.74) is 7.61. The van der Waals surface area contributed by atoms with Gasteiger partial charge in [-0.2, -0.15) is 0 Å². The molecule has 0 saturated heterocycles. The minimum atomic E-state index is -0.291. The van der Waals surface area contributed by atoms with Crippen LogP contribution in [0.25, 0.3) is 0 Å². The van der Waals surface area contributed by atoms with Gasteiger partial charge in [0.05, 0.1) is 11.4 Å². The molecule has 88 valence electrons. The summed E-state index contributed by atoms with van der Waals surface area (Å²) >= 11 is 5.47. The lowest BCUT2D eigenvalue weighted by atomic mass is 10.2. The highest BCUT2D eigenvalue weighted by Crippen LogP contribution is 2.27. The lowest BCUT2D eigenvalue weighted by Crippen LogP contribution is -1.97. The molecule has 2 rings (SSSR count). The molecule has 3 N–H and O–H groups in total. The molecule has 0 radical (unpaired) electrons. The van der Waals surface area contributed by atoms with Crippen LogP contribution in [-0.2, 0) is 0 Å². The lowest BCUT2D eigenvalue weighted by Gasteiger charge is -2.10. The zero-order valence-electron chi connectivity index (χ0n) is 8.68. The van der Waals surface area contributed by atoms with Crippen molar-refractivity contribution >= 4 is 55.6 Å². The number of nitrogen functional groups attached to an aromatic ring is 1. The Kier molecular flexibility index (Phi) is 3.88. The van der Waals surface area contributed by atoms with Crippen LogP contribution in [0.3, 0.4) is 0 Å². The standard InChI is InChI=1S/C12H9BrFIN2/c13-7-1-3-9(14)12(5-7)17-11-4-2-8(16)6-10(11)15/h1-6,17H,16H2. The summed E-state index contributed by atoms with van der Waals surface area (Å²) in [4.78, 5) is 0. The molecule has 2 nitrogen and oxygen atoms in total. The van der Waals surface area contributed by atoms with Crippen LogP contribution in [0.15, 0.2) is 40.9 Å². The first-order valence-corrected chi connectivity index (χ1v) is 6.70. The maximum absolute atomic E-state index is 13.6. The molecule has 0 unspecified atom stereocenters. The molecule has 0 fully saturated rings. The van der Waals surface area contributed by atoms with E-state index in [4.69, 9.17) is 5.73 Å². The van der Waals surface area contributed by atoms with Crippen LogP contribution in [-0.4, -0.2) is 0 Å². The summed E-state index contributed by atoms with van der Waals surface area (Å²) in [6.45, 7) is 0. The third-order valence-corrected chi connectivity index (χ3v) is 3.58. The van der Waals surface area contributed by atoms with E-state index in [2.05, 4.69) is 43.8 Å². The molecule has 0 aliphatic rings. The maximum Gasteiger partial charge on any atom is 0.146 e. The third kappa shape index (κ3) is 3.10. The van der Waals surface area contributed by atoms with Crippen molar-refractivity contribution in [1.29, 1.82) is 0 Å². The summed E-state index contributed by atoms with van der Waals surface area (Å²) < 4.78 is 15.3. The van der Waals surface area contributed by atoms with E-state index in [-0.39, 0.29) is 5.82 Å². The second-order valence-corrected chi connectivity index (χ2v) is 5.57. The summed E-state index contributed by atoms with van der Waals surface area (Å²) in [6.07, 6.45) is 0. The van der Waals surface area contributed by atoms with Crippen LogP contribution < -0.4 is 11.1 Å². The average Bonchev–Trinajstić information content (AvgIpc) is 2.27. The van der Waals surface area contributed by atoms with Gasteiger partial charge >= 0.3 is 0 Å². The molecule has 0 atom stereocenters. The Balaban J connectivity index is 2.34. The normalized spacial score (nSPS) is 10.3. The van der Waals surface area contributed by atoms with Crippen LogP contribution in [0.2, 0.25) is 0 Å². The number of hydrogen-bond donors (Lipinski definition) is 2. The van der Waals surface area contributed by atoms with Gasteiger partial charge in [0.25, 0.3) is 0 Å². The molecule has 0 bridgehead atoms. The maximum atomic E-state index is 13.6. The predicted molar refractivity (Wildman–Crippen MR) is 81.0 cm³/mol. The number of nitrogens with two attached hydrogens (primary N) is 1. The van der Waals surface area contributed by atoms with Gasteiger partial charge in [-0.1, -0.05) is 15.9 Å². The topological polar surface area (TPSA) is 38.0 Å². The minimum absolute atomic E-state index is 0.291. The second kappa shape index (κ2) is 5.22. The van der Waals surface area contributed by atoms with Crippen LogP contribution in [0.4, 0.5) is 21.5 Å². The van der Waals surface area contributed by atoms with E-state index < -0.39 is 0 Å². The van der Waals surface area contributed by atoms with Crippen molar-refractivity contribution in [3.05, 3.63) is 50.3 Å². The third-order valence-electron chi connectivity index (χ3n) is 2.19. The van der Waals surface area contributed by atoms with Crippen molar-refractivity contribution in [2.24, 2.45) is 0 Å². The van der Waals surface area contributed by atoms with Crippen LogP contribution >= 0.6 is 38.5 Å². The fraction of sp³-hybridized carbons (Fsp3) is 0. The highest BCUT2D eigenvalue weighted by Gasteiger charge is 2.05. The smallest absolute Gasteiger partial charge is 0.146 e. The Morgan fingerprint density at radius 3 is 2.59 bits per heavy atom. The summed E-state index contributed by atoms with van der Waals surface area (Å²) in [5, 5.41) is 3.04. The number of nitrogens with one attached hydrogen (secondary N) is 1. The average molecular weight is 407 g/mol. The van der Waals surface area contributed by atoms with Crippen molar-refractivity contribution in [1.82, 2.24) is 0 Å². The molecule has 0 amide bonds. The Morgan fingerprint density at radius 1 is 1.12 bits per heavy atom. The van der Waals surface area contributed by atoms with E-state index in [0.29, 0.717) is 11.4 Å². The quantitative estimate of drug-likeness (QED) is 0.568. The molecular formula is C12H9BrFIN2. The fourth-order valence-electron chi connectivity index (χ4n) is 1.37. The van der Waals surface area contributed by atoms with Crippen LogP contribution in [0, 0.1) is 9.39 Å². The van der Waals surface area contributed by atoms with Gasteiger partial charge in [0.1, 0.15) is 5.82 Å². The molecule has 2 aromatic rings. The van der Waals surface area contributed by atoms with Crippen LogP contribution in [0.1, 0.15) is 0 Å². The van der Waals surface area contributed by atoms with E-state index in [9.17, 15) is 4.39 Å². The van der Waals surface area contributed by atoms with Gasteiger partial charge in [-0.25, -0.2) is 4.39 Å². The number of anilines is 3. The summed E-state index contributed by atoms with van der Waals surface area (Å²) in [5.74, 6) is -0.291. The zero-order chi connectivity index (χ0) is 12.4. The molecule has 0 saturated carbocycles. The number of benzene rings is 2. The molecule has 0 spiro atoms. The lowest BCUT2D eigenvalue weighted by molar-refractivity contribution is 0.631. The largest absolute Gasteiger partial charge is 0.399 e. The first-order chi connectivity index (χ1) is 8.06. The first-order valence-electron chi connectivity index (χ1n) is 4.83. The van der Waals surface area contributed by atoms with E-state index in [0.717, 1.165) is 13.7 Å². The predicted octanol–water partition coefficient (Wildman–Crippen LogP) is 4.52. The van der Waals surface area contributed by atoms with Gasteiger partial charge in [0.2, 0.25) is 0 Å². The first kappa shape index (κ1) is 12.6. The monoisotopic (exact) mass is 406 g/mol. The fourth-order valence-corrected chi connectivity index (χ4v) is 2.41. The van der Waals surface area contributed by atoms with Gasteiger partial charge < -0.3 is 11.1 Å². The number of rotatable bonds is 2. The van der Waals surface area contributed by atoms with Gasteiger partial charge in [0, 0.05) is 13.7 Å².